The lowest BCUT2D eigenvalue weighted by Gasteiger charge is -1.99. The molecule has 1 aromatic carbocycles. The predicted molar refractivity (Wildman–Crippen MR) is 54.2 cm³/mol. The van der Waals surface area contributed by atoms with E-state index in [0.29, 0.717) is 5.76 Å². The highest BCUT2D eigenvalue weighted by Gasteiger charge is 2.17. The number of hydrogen-bond acceptors (Lipinski definition) is 2. The SMILES string of the molecule is CC1=CC(=O)/C(=C/c2ccc(F)cc2)O1. The Morgan fingerprint density at radius 2 is 1.93 bits per heavy atom. The van der Waals surface area contributed by atoms with Crippen molar-refractivity contribution in [2.24, 2.45) is 0 Å². The van der Waals surface area contributed by atoms with Gasteiger partial charge in [-0.25, -0.2) is 4.39 Å². The lowest BCUT2D eigenvalue weighted by Crippen LogP contribution is -1.92. The third kappa shape index (κ3) is 2.13. The Kier molecular flexibility index (Phi) is 2.37. The molecule has 1 aliphatic heterocycles. The average Bonchev–Trinajstić information content (AvgIpc) is 2.49. The molecule has 0 N–H and O–H groups in total. The molecule has 1 aromatic rings. The summed E-state index contributed by atoms with van der Waals surface area (Å²) in [6.07, 6.45) is 3.02. The monoisotopic (exact) mass is 204 g/mol. The Bertz CT molecular complexity index is 455. The number of halogens is 1. The summed E-state index contributed by atoms with van der Waals surface area (Å²) in [5, 5.41) is 0. The molecule has 0 unspecified atom stereocenters. The van der Waals surface area contributed by atoms with Crippen molar-refractivity contribution in [2.45, 2.75) is 6.92 Å². The molecule has 0 aromatic heterocycles. The largest absolute Gasteiger partial charge is 0.458 e. The van der Waals surface area contributed by atoms with E-state index in [1.807, 2.05) is 0 Å². The van der Waals surface area contributed by atoms with Gasteiger partial charge in [0.2, 0.25) is 5.78 Å². The third-order valence-corrected chi connectivity index (χ3v) is 2.02. The molecule has 2 rings (SSSR count). The molecular weight excluding hydrogens is 195 g/mol. The molecule has 0 spiro atoms. The van der Waals surface area contributed by atoms with Gasteiger partial charge in [0.25, 0.3) is 0 Å². The van der Waals surface area contributed by atoms with Crippen LogP contribution in [0.15, 0.2) is 41.9 Å². The van der Waals surface area contributed by atoms with Crippen LogP contribution in [0, 0.1) is 5.82 Å². The van der Waals surface area contributed by atoms with Crippen molar-refractivity contribution < 1.29 is 13.9 Å². The normalized spacial score (nSPS) is 17.9. The van der Waals surface area contributed by atoms with Crippen LogP contribution in [0.1, 0.15) is 12.5 Å². The molecule has 0 amide bonds. The number of ketones is 1. The van der Waals surface area contributed by atoms with Gasteiger partial charge >= 0.3 is 0 Å². The van der Waals surface area contributed by atoms with E-state index in [9.17, 15) is 9.18 Å². The maximum Gasteiger partial charge on any atom is 0.224 e. The summed E-state index contributed by atoms with van der Waals surface area (Å²) in [6.45, 7) is 1.71. The standard InChI is InChI=1S/C12H9FO2/c1-8-6-11(14)12(15-8)7-9-2-4-10(13)5-3-9/h2-7H,1H3/b12-7-. The van der Waals surface area contributed by atoms with Crippen LogP contribution < -0.4 is 0 Å². The molecule has 0 fully saturated rings. The average molecular weight is 204 g/mol. The van der Waals surface area contributed by atoms with Crippen molar-refractivity contribution in [1.82, 2.24) is 0 Å². The molecule has 0 saturated heterocycles. The highest BCUT2D eigenvalue weighted by molar-refractivity contribution is 6.07. The second kappa shape index (κ2) is 3.69. The van der Waals surface area contributed by atoms with Crippen molar-refractivity contribution in [3.63, 3.8) is 0 Å². The molecule has 3 heteroatoms. The molecule has 2 nitrogen and oxygen atoms in total. The third-order valence-electron chi connectivity index (χ3n) is 2.02. The first kappa shape index (κ1) is 9.65. The Hall–Kier alpha value is -1.90. The Morgan fingerprint density at radius 3 is 2.47 bits per heavy atom. The molecule has 0 bridgehead atoms. The number of hydrogen-bond donors (Lipinski definition) is 0. The van der Waals surface area contributed by atoms with Crippen LogP contribution in [-0.4, -0.2) is 5.78 Å². The second-order valence-corrected chi connectivity index (χ2v) is 3.28. The van der Waals surface area contributed by atoms with E-state index in [2.05, 4.69) is 0 Å². The van der Waals surface area contributed by atoms with E-state index >= 15 is 0 Å². The van der Waals surface area contributed by atoms with Gasteiger partial charge < -0.3 is 4.74 Å². The maximum atomic E-state index is 12.6. The molecule has 0 aliphatic carbocycles. The van der Waals surface area contributed by atoms with Crippen molar-refractivity contribution >= 4 is 11.9 Å². The first-order valence-corrected chi connectivity index (χ1v) is 4.53. The quantitative estimate of drug-likeness (QED) is 0.657. The Labute approximate surface area is 86.7 Å². The number of allylic oxidation sites excluding steroid dienone is 2. The number of benzene rings is 1. The van der Waals surface area contributed by atoms with Crippen LogP contribution in [0.2, 0.25) is 0 Å². The van der Waals surface area contributed by atoms with Gasteiger partial charge in [-0.15, -0.1) is 0 Å². The minimum atomic E-state index is -0.301. The van der Waals surface area contributed by atoms with Gasteiger partial charge in [0.1, 0.15) is 11.6 Å². The molecule has 0 radical (unpaired) electrons. The zero-order valence-corrected chi connectivity index (χ0v) is 8.16. The molecule has 0 atom stereocenters. The highest BCUT2D eigenvalue weighted by atomic mass is 19.1. The number of rotatable bonds is 1. The van der Waals surface area contributed by atoms with Crippen LogP contribution in [0.3, 0.4) is 0 Å². The van der Waals surface area contributed by atoms with Crippen LogP contribution in [-0.2, 0) is 9.53 Å². The minimum absolute atomic E-state index is 0.156. The zero-order valence-electron chi connectivity index (χ0n) is 8.16. The lowest BCUT2D eigenvalue weighted by atomic mass is 10.2. The molecule has 0 saturated carbocycles. The predicted octanol–water partition coefficient (Wildman–Crippen LogP) is 2.67. The van der Waals surface area contributed by atoms with Gasteiger partial charge in [0.15, 0.2) is 5.76 Å². The summed E-state index contributed by atoms with van der Waals surface area (Å²) < 4.78 is 17.8. The van der Waals surface area contributed by atoms with Gasteiger partial charge in [-0.2, -0.15) is 0 Å². The summed E-state index contributed by atoms with van der Waals surface area (Å²) in [4.78, 5) is 11.3. The fraction of sp³-hybridized carbons (Fsp3) is 0.0833. The smallest absolute Gasteiger partial charge is 0.224 e. The summed E-state index contributed by atoms with van der Waals surface area (Å²) in [5.74, 6) is 0.398. The summed E-state index contributed by atoms with van der Waals surface area (Å²) >= 11 is 0. The second-order valence-electron chi connectivity index (χ2n) is 3.28. The van der Waals surface area contributed by atoms with E-state index in [1.165, 1.54) is 18.2 Å². The number of carbonyl (C=O) groups is 1. The molecule has 15 heavy (non-hydrogen) atoms. The fourth-order valence-electron chi connectivity index (χ4n) is 1.32. The molecular formula is C12H9FO2. The number of ether oxygens (including phenoxy) is 1. The Morgan fingerprint density at radius 1 is 1.27 bits per heavy atom. The van der Waals surface area contributed by atoms with E-state index in [1.54, 1.807) is 25.1 Å². The van der Waals surface area contributed by atoms with Crippen molar-refractivity contribution in [3.05, 3.63) is 53.2 Å². The van der Waals surface area contributed by atoms with Gasteiger partial charge in [0, 0.05) is 6.08 Å². The fourth-order valence-corrected chi connectivity index (χ4v) is 1.32. The highest BCUT2D eigenvalue weighted by Crippen LogP contribution is 2.19. The number of carbonyl (C=O) groups excluding carboxylic acids is 1. The van der Waals surface area contributed by atoms with Gasteiger partial charge in [-0.05, 0) is 30.7 Å². The van der Waals surface area contributed by atoms with E-state index in [4.69, 9.17) is 4.74 Å². The van der Waals surface area contributed by atoms with Crippen molar-refractivity contribution in [3.8, 4) is 0 Å². The van der Waals surface area contributed by atoms with Crippen molar-refractivity contribution in [2.75, 3.05) is 0 Å². The molecule has 1 heterocycles. The first-order valence-electron chi connectivity index (χ1n) is 4.53. The van der Waals surface area contributed by atoms with Crippen molar-refractivity contribution in [1.29, 1.82) is 0 Å². The zero-order chi connectivity index (χ0) is 10.8. The van der Waals surface area contributed by atoms with Crippen LogP contribution in [0.5, 0.6) is 0 Å². The minimum Gasteiger partial charge on any atom is -0.458 e. The van der Waals surface area contributed by atoms with Crippen LogP contribution >= 0.6 is 0 Å². The topological polar surface area (TPSA) is 26.3 Å². The Balaban J connectivity index is 2.25. The van der Waals surface area contributed by atoms with Gasteiger partial charge in [-0.1, -0.05) is 12.1 Å². The summed E-state index contributed by atoms with van der Waals surface area (Å²) in [7, 11) is 0. The first-order chi connectivity index (χ1) is 7.15. The van der Waals surface area contributed by atoms with E-state index < -0.39 is 0 Å². The molecule has 1 aliphatic rings. The molecule has 76 valence electrons. The van der Waals surface area contributed by atoms with Gasteiger partial charge in [-0.3, -0.25) is 4.79 Å². The van der Waals surface area contributed by atoms with Crippen LogP contribution in [0.25, 0.3) is 6.08 Å². The lowest BCUT2D eigenvalue weighted by molar-refractivity contribution is -0.112. The van der Waals surface area contributed by atoms with Crippen LogP contribution in [0.4, 0.5) is 4.39 Å². The maximum absolute atomic E-state index is 12.6. The summed E-state index contributed by atoms with van der Waals surface area (Å²) in [5.41, 5.74) is 0.739. The van der Waals surface area contributed by atoms with E-state index in [0.717, 1.165) is 5.56 Å². The van der Waals surface area contributed by atoms with E-state index in [-0.39, 0.29) is 17.4 Å². The summed E-state index contributed by atoms with van der Waals surface area (Å²) in [6, 6.07) is 5.86. The van der Waals surface area contributed by atoms with Gasteiger partial charge in [0.05, 0.1) is 0 Å².